The van der Waals surface area contributed by atoms with E-state index in [-0.39, 0.29) is 24.3 Å². The van der Waals surface area contributed by atoms with Gasteiger partial charge in [0, 0.05) is 24.4 Å². The number of nitrogens with one attached hydrogen (secondary N) is 1. The van der Waals surface area contributed by atoms with E-state index in [1.807, 2.05) is 0 Å². The molecule has 1 heterocycles. The average molecular weight is 378 g/mol. The molecule has 2 unspecified atom stereocenters. The maximum atomic E-state index is 12.6. The summed E-state index contributed by atoms with van der Waals surface area (Å²) in [6, 6.07) is -1.09. The molecule has 3 aliphatic rings. The fourth-order valence-corrected chi connectivity index (χ4v) is 4.85. The summed E-state index contributed by atoms with van der Waals surface area (Å²) in [5.41, 5.74) is -0.676. The summed E-state index contributed by atoms with van der Waals surface area (Å²) >= 11 is 0. The van der Waals surface area contributed by atoms with Gasteiger partial charge in [0.1, 0.15) is 12.0 Å². The average Bonchev–Trinajstić information content (AvgIpc) is 2.57. The second-order valence-electron chi connectivity index (χ2n) is 8.66. The number of alkyl halides is 3. The molecule has 9 heteroatoms. The molecule has 0 aromatic rings. The van der Waals surface area contributed by atoms with Crippen molar-refractivity contribution in [3.05, 3.63) is 0 Å². The van der Waals surface area contributed by atoms with Gasteiger partial charge >= 0.3 is 12.3 Å². The predicted octanol–water partition coefficient (Wildman–Crippen LogP) is 2.06. The van der Waals surface area contributed by atoms with E-state index in [1.54, 1.807) is 20.8 Å². The molecule has 26 heavy (non-hydrogen) atoms. The molecular formula is C17H25F3N2O4. The van der Waals surface area contributed by atoms with E-state index in [4.69, 9.17) is 4.74 Å². The number of amides is 2. The van der Waals surface area contributed by atoms with Crippen molar-refractivity contribution >= 4 is 12.0 Å². The minimum absolute atomic E-state index is 0.0484. The number of fused-ring (bicyclic) bond motifs is 2. The number of ether oxygens (including phenoxy) is 1. The number of alkyl carbamates (subject to hydrolysis) is 1. The maximum absolute atomic E-state index is 12.6. The first-order valence-corrected chi connectivity index (χ1v) is 8.89. The third kappa shape index (κ3) is 3.77. The van der Waals surface area contributed by atoms with Crippen LogP contribution in [0.25, 0.3) is 0 Å². The Morgan fingerprint density at radius 3 is 2.38 bits per heavy atom. The quantitative estimate of drug-likeness (QED) is 0.771. The van der Waals surface area contributed by atoms with Crippen molar-refractivity contribution in [3.8, 4) is 0 Å². The summed E-state index contributed by atoms with van der Waals surface area (Å²) in [6.45, 7) is 5.44. The highest BCUT2D eigenvalue weighted by atomic mass is 19.4. The molecule has 0 radical (unpaired) electrons. The Kier molecular flexibility index (Phi) is 4.65. The van der Waals surface area contributed by atoms with Crippen molar-refractivity contribution in [2.24, 2.45) is 17.8 Å². The van der Waals surface area contributed by atoms with Gasteiger partial charge < -0.3 is 20.1 Å². The number of rotatable bonds is 2. The second-order valence-corrected chi connectivity index (χ2v) is 8.66. The number of nitrogens with zero attached hydrogens (tertiary/aromatic N) is 1. The molecule has 2 saturated carbocycles. The van der Waals surface area contributed by atoms with Crippen LogP contribution >= 0.6 is 0 Å². The number of carbonyl (C=O) groups is 2. The molecular weight excluding hydrogens is 353 g/mol. The first kappa shape index (κ1) is 19.3. The largest absolute Gasteiger partial charge is 0.444 e. The molecule has 0 aromatic heterocycles. The lowest BCUT2D eigenvalue weighted by Gasteiger charge is -2.45. The molecule has 3 rings (SSSR count). The van der Waals surface area contributed by atoms with Gasteiger partial charge in [-0.2, -0.15) is 13.2 Å². The highest BCUT2D eigenvalue weighted by Crippen LogP contribution is 2.51. The summed E-state index contributed by atoms with van der Waals surface area (Å²) in [5, 5.41) is 13.4. The van der Waals surface area contributed by atoms with E-state index in [1.165, 1.54) is 4.90 Å². The standard InChI is InChI=1S/C17H25F3N2O4/c1-16(2,3)26-15(25)21-12-9-4-8-5-10(12)14(24)13(9)22(7-8)11(23)6-17(18,19)20/h8-10,12-14,24H,4-7H2,1-3H3,(H,21,25)/t8?,9-,10+,12+,13?,14-/m0/s1. The highest BCUT2D eigenvalue weighted by molar-refractivity contribution is 5.78. The third-order valence-electron chi connectivity index (χ3n) is 5.53. The van der Waals surface area contributed by atoms with Gasteiger partial charge in [0.05, 0.1) is 12.1 Å². The monoisotopic (exact) mass is 378 g/mol. The van der Waals surface area contributed by atoms with Crippen LogP contribution in [-0.2, 0) is 9.53 Å². The zero-order valence-electron chi connectivity index (χ0n) is 15.0. The van der Waals surface area contributed by atoms with E-state index in [0.717, 1.165) is 0 Å². The first-order valence-electron chi connectivity index (χ1n) is 8.89. The van der Waals surface area contributed by atoms with Gasteiger partial charge in [-0.15, -0.1) is 0 Å². The van der Waals surface area contributed by atoms with Gasteiger partial charge in [-0.3, -0.25) is 4.79 Å². The van der Waals surface area contributed by atoms with E-state index in [0.29, 0.717) is 12.8 Å². The van der Waals surface area contributed by atoms with Gasteiger partial charge in [0.2, 0.25) is 5.91 Å². The number of likely N-dealkylation sites (tertiary alicyclic amines) is 1. The zero-order valence-corrected chi connectivity index (χ0v) is 15.0. The number of piperidine rings is 1. The molecule has 2 N–H and O–H groups in total. The van der Waals surface area contributed by atoms with Gasteiger partial charge in [0.25, 0.3) is 0 Å². The lowest BCUT2D eigenvalue weighted by atomic mass is 9.74. The van der Waals surface area contributed by atoms with Crippen LogP contribution in [-0.4, -0.2) is 58.5 Å². The summed E-state index contributed by atoms with van der Waals surface area (Å²) in [4.78, 5) is 25.5. The third-order valence-corrected chi connectivity index (χ3v) is 5.53. The smallest absolute Gasteiger partial charge is 0.407 e. The number of hydrogen-bond donors (Lipinski definition) is 2. The number of hydrogen-bond acceptors (Lipinski definition) is 4. The minimum Gasteiger partial charge on any atom is -0.444 e. The van der Waals surface area contributed by atoms with E-state index in [2.05, 4.69) is 5.32 Å². The van der Waals surface area contributed by atoms with E-state index in [9.17, 15) is 27.9 Å². The number of aliphatic hydroxyl groups excluding tert-OH is 1. The molecule has 2 amide bonds. The van der Waals surface area contributed by atoms with E-state index >= 15 is 0 Å². The Bertz CT molecular complexity index is 590. The predicted molar refractivity (Wildman–Crippen MR) is 85.0 cm³/mol. The summed E-state index contributed by atoms with van der Waals surface area (Å²) in [7, 11) is 0. The molecule has 6 nitrogen and oxygen atoms in total. The van der Waals surface area contributed by atoms with Gasteiger partial charge in [-0.1, -0.05) is 0 Å². The van der Waals surface area contributed by atoms with Crippen LogP contribution in [0.4, 0.5) is 18.0 Å². The molecule has 6 atom stereocenters. The van der Waals surface area contributed by atoms with Crippen LogP contribution in [0, 0.1) is 17.8 Å². The second kappa shape index (κ2) is 6.28. The van der Waals surface area contributed by atoms with Crippen molar-refractivity contribution in [2.45, 2.75) is 70.0 Å². The molecule has 0 aromatic carbocycles. The molecule has 3 fully saturated rings. The Balaban J connectivity index is 1.75. The van der Waals surface area contributed by atoms with Gasteiger partial charge in [-0.05, 0) is 39.5 Å². The Hall–Kier alpha value is -1.51. The van der Waals surface area contributed by atoms with Gasteiger partial charge in [-0.25, -0.2) is 4.79 Å². The SMILES string of the molecule is CC(C)(C)OC(=O)N[C@H]1[C@H]2CC3C[C@@H]1C([C@H]2O)N(C(=O)CC(F)(F)F)C3. The molecule has 2 aliphatic carbocycles. The van der Waals surface area contributed by atoms with Crippen LogP contribution in [0.3, 0.4) is 0 Å². The molecule has 0 spiro atoms. The molecule has 3 bridgehead atoms. The Labute approximate surface area is 150 Å². The van der Waals surface area contributed by atoms with Crippen LogP contribution in [0.15, 0.2) is 0 Å². The summed E-state index contributed by atoms with van der Waals surface area (Å²) in [5.74, 6) is -1.49. The summed E-state index contributed by atoms with van der Waals surface area (Å²) < 4.78 is 43.2. The molecule has 1 aliphatic heterocycles. The molecule has 148 valence electrons. The van der Waals surface area contributed by atoms with E-state index < -0.39 is 48.4 Å². The fraction of sp³-hybridized carbons (Fsp3) is 0.882. The first-order chi connectivity index (χ1) is 11.9. The highest BCUT2D eigenvalue weighted by Gasteiger charge is 2.60. The number of aliphatic hydroxyl groups is 1. The lowest BCUT2D eigenvalue weighted by Crippen LogP contribution is -2.57. The minimum atomic E-state index is -4.58. The maximum Gasteiger partial charge on any atom is 0.407 e. The van der Waals surface area contributed by atoms with Crippen LogP contribution < -0.4 is 5.32 Å². The Morgan fingerprint density at radius 2 is 1.81 bits per heavy atom. The number of carbonyl (C=O) groups excluding carboxylic acids is 2. The number of halogens is 3. The topological polar surface area (TPSA) is 78.9 Å². The van der Waals surface area contributed by atoms with Crippen LogP contribution in [0.1, 0.15) is 40.0 Å². The van der Waals surface area contributed by atoms with Crippen molar-refractivity contribution < 1.29 is 32.6 Å². The van der Waals surface area contributed by atoms with Crippen molar-refractivity contribution in [3.63, 3.8) is 0 Å². The molecule has 1 saturated heterocycles. The van der Waals surface area contributed by atoms with Gasteiger partial charge in [0.15, 0.2) is 0 Å². The van der Waals surface area contributed by atoms with Crippen LogP contribution in [0.5, 0.6) is 0 Å². The van der Waals surface area contributed by atoms with Crippen LogP contribution in [0.2, 0.25) is 0 Å². The fourth-order valence-electron chi connectivity index (χ4n) is 4.85. The normalized spacial score (nSPS) is 36.2. The van der Waals surface area contributed by atoms with Crippen molar-refractivity contribution in [2.75, 3.05) is 6.54 Å². The van der Waals surface area contributed by atoms with Crippen molar-refractivity contribution in [1.82, 2.24) is 10.2 Å². The Morgan fingerprint density at radius 1 is 1.19 bits per heavy atom. The zero-order chi connectivity index (χ0) is 19.4. The summed E-state index contributed by atoms with van der Waals surface area (Å²) in [6.07, 6.45) is -6.41. The van der Waals surface area contributed by atoms with Crippen molar-refractivity contribution in [1.29, 1.82) is 0 Å². The lowest BCUT2D eigenvalue weighted by molar-refractivity contribution is -0.167.